The standard InChI is InChI=1S/C19H30O5.C2H6/c1-22-15-11-10-14(12-16(23-2)18(15)24-3)17(19(20)21)13-8-6-4-5-7-9-13;1-2/h12-14,17H,4-11H2,1-3H3,(H,20,21);1-2H3/t14?,17-;/m0./s1. The first-order chi connectivity index (χ1) is 12.6. The van der Waals surface area contributed by atoms with Gasteiger partial charge in [0.05, 0.1) is 27.2 Å². The van der Waals surface area contributed by atoms with E-state index in [2.05, 4.69) is 0 Å². The fourth-order valence-corrected chi connectivity index (χ4v) is 4.16. The van der Waals surface area contributed by atoms with Crippen molar-refractivity contribution >= 4 is 5.97 Å². The highest BCUT2D eigenvalue weighted by atomic mass is 16.5. The molecule has 0 aromatic rings. The van der Waals surface area contributed by atoms with E-state index >= 15 is 0 Å². The SMILES string of the molecule is CC.COC1=CC([C@@H](C(=O)O)C2CCCCCC2)CCC(OC)=C1OC. The van der Waals surface area contributed by atoms with Crippen molar-refractivity contribution in [3.05, 3.63) is 23.4 Å². The van der Waals surface area contributed by atoms with Crippen LogP contribution in [0.1, 0.15) is 65.2 Å². The zero-order valence-corrected chi connectivity index (χ0v) is 17.0. The van der Waals surface area contributed by atoms with Crippen molar-refractivity contribution < 1.29 is 24.1 Å². The van der Waals surface area contributed by atoms with E-state index in [-0.39, 0.29) is 17.8 Å². The van der Waals surface area contributed by atoms with E-state index in [1.54, 1.807) is 21.3 Å². The molecular formula is C21H36O5. The lowest BCUT2D eigenvalue weighted by Gasteiger charge is -2.28. The van der Waals surface area contributed by atoms with Crippen LogP contribution in [-0.4, -0.2) is 32.4 Å². The zero-order valence-electron chi connectivity index (χ0n) is 17.0. The van der Waals surface area contributed by atoms with Crippen molar-refractivity contribution in [2.24, 2.45) is 17.8 Å². The van der Waals surface area contributed by atoms with E-state index in [1.165, 1.54) is 12.8 Å². The van der Waals surface area contributed by atoms with Gasteiger partial charge in [0.1, 0.15) is 5.76 Å². The monoisotopic (exact) mass is 368 g/mol. The number of carboxylic acids is 1. The highest BCUT2D eigenvalue weighted by Crippen LogP contribution is 2.39. The lowest BCUT2D eigenvalue weighted by molar-refractivity contribution is -0.145. The summed E-state index contributed by atoms with van der Waals surface area (Å²) in [7, 11) is 4.78. The van der Waals surface area contributed by atoms with Gasteiger partial charge in [-0.3, -0.25) is 4.79 Å². The van der Waals surface area contributed by atoms with Crippen LogP contribution in [0.25, 0.3) is 0 Å². The Kier molecular flexibility index (Phi) is 10.2. The molecular weight excluding hydrogens is 332 g/mol. The van der Waals surface area contributed by atoms with Crippen molar-refractivity contribution in [3.63, 3.8) is 0 Å². The molecule has 0 bridgehead atoms. The van der Waals surface area contributed by atoms with Crippen molar-refractivity contribution in [3.8, 4) is 0 Å². The molecule has 1 fully saturated rings. The molecule has 2 aliphatic rings. The van der Waals surface area contributed by atoms with Crippen LogP contribution in [0.2, 0.25) is 0 Å². The first-order valence-electron chi connectivity index (χ1n) is 9.92. The van der Waals surface area contributed by atoms with E-state index in [4.69, 9.17) is 14.2 Å². The third-order valence-electron chi connectivity index (χ3n) is 5.37. The first kappa shape index (κ1) is 22.4. The molecule has 1 N–H and O–H groups in total. The van der Waals surface area contributed by atoms with E-state index in [0.717, 1.165) is 37.9 Å². The Bertz CT molecular complexity index is 487. The van der Waals surface area contributed by atoms with Gasteiger partial charge in [-0.15, -0.1) is 0 Å². The molecule has 0 aromatic heterocycles. The molecule has 0 saturated heterocycles. The number of ether oxygens (including phenoxy) is 3. The Morgan fingerprint density at radius 2 is 1.62 bits per heavy atom. The Balaban J connectivity index is 0.00000163. The number of carbonyl (C=O) groups is 1. The average Bonchev–Trinajstić information content (AvgIpc) is 3.02. The van der Waals surface area contributed by atoms with Gasteiger partial charge in [0.2, 0.25) is 0 Å². The first-order valence-corrected chi connectivity index (χ1v) is 9.92. The molecule has 5 heteroatoms. The highest BCUT2D eigenvalue weighted by molar-refractivity contribution is 5.71. The molecule has 1 saturated carbocycles. The number of aliphatic carboxylic acids is 1. The Morgan fingerprint density at radius 1 is 1.00 bits per heavy atom. The lowest BCUT2D eigenvalue weighted by atomic mass is 9.76. The predicted molar refractivity (Wildman–Crippen MR) is 103 cm³/mol. The van der Waals surface area contributed by atoms with Gasteiger partial charge in [0, 0.05) is 6.42 Å². The van der Waals surface area contributed by atoms with Crippen LogP contribution in [0.5, 0.6) is 0 Å². The van der Waals surface area contributed by atoms with Crippen LogP contribution in [0.3, 0.4) is 0 Å². The summed E-state index contributed by atoms with van der Waals surface area (Å²) in [5.74, 6) is 0.973. The summed E-state index contributed by atoms with van der Waals surface area (Å²) in [6.45, 7) is 4.00. The topological polar surface area (TPSA) is 65.0 Å². The number of allylic oxidation sites excluding steroid dienone is 2. The minimum Gasteiger partial charge on any atom is -0.497 e. The Labute approximate surface area is 158 Å². The van der Waals surface area contributed by atoms with Crippen LogP contribution in [0.4, 0.5) is 0 Å². The Hall–Kier alpha value is -1.65. The van der Waals surface area contributed by atoms with Crippen molar-refractivity contribution in [1.29, 1.82) is 0 Å². The number of rotatable bonds is 6. The maximum atomic E-state index is 12.1. The number of carboxylic acid groups (broad SMARTS) is 1. The predicted octanol–water partition coefficient (Wildman–Crippen LogP) is 5.13. The van der Waals surface area contributed by atoms with E-state index in [0.29, 0.717) is 17.9 Å². The van der Waals surface area contributed by atoms with Crippen LogP contribution in [0.15, 0.2) is 23.4 Å². The lowest BCUT2D eigenvalue weighted by Crippen LogP contribution is -2.30. The smallest absolute Gasteiger partial charge is 0.307 e. The quantitative estimate of drug-likeness (QED) is 0.659. The van der Waals surface area contributed by atoms with Gasteiger partial charge in [-0.1, -0.05) is 39.5 Å². The van der Waals surface area contributed by atoms with Crippen molar-refractivity contribution in [2.75, 3.05) is 21.3 Å². The van der Waals surface area contributed by atoms with Gasteiger partial charge in [0.15, 0.2) is 11.5 Å². The summed E-state index contributed by atoms with van der Waals surface area (Å²) in [5, 5.41) is 9.92. The highest BCUT2D eigenvalue weighted by Gasteiger charge is 2.36. The molecule has 0 aromatic carbocycles. The van der Waals surface area contributed by atoms with Gasteiger partial charge in [-0.2, -0.15) is 0 Å². The molecule has 0 spiro atoms. The molecule has 1 unspecified atom stereocenters. The summed E-state index contributed by atoms with van der Waals surface area (Å²) < 4.78 is 16.4. The minimum absolute atomic E-state index is 0.0710. The number of hydrogen-bond donors (Lipinski definition) is 1. The molecule has 0 amide bonds. The second kappa shape index (κ2) is 11.9. The fraction of sp³-hybridized carbons (Fsp3) is 0.762. The summed E-state index contributed by atoms with van der Waals surface area (Å²) in [4.78, 5) is 12.1. The number of hydrogen-bond acceptors (Lipinski definition) is 4. The molecule has 0 heterocycles. The van der Waals surface area contributed by atoms with Crippen molar-refractivity contribution in [2.45, 2.75) is 65.2 Å². The van der Waals surface area contributed by atoms with Crippen molar-refractivity contribution in [1.82, 2.24) is 0 Å². The maximum absolute atomic E-state index is 12.1. The minimum atomic E-state index is -0.696. The van der Waals surface area contributed by atoms with Crippen LogP contribution in [-0.2, 0) is 19.0 Å². The van der Waals surface area contributed by atoms with E-state index in [9.17, 15) is 9.90 Å². The molecule has 5 nitrogen and oxygen atoms in total. The molecule has 0 aliphatic heterocycles. The average molecular weight is 369 g/mol. The maximum Gasteiger partial charge on any atom is 0.307 e. The third-order valence-corrected chi connectivity index (χ3v) is 5.37. The fourth-order valence-electron chi connectivity index (χ4n) is 4.16. The van der Waals surface area contributed by atoms with Crippen LogP contribution < -0.4 is 0 Å². The molecule has 2 rings (SSSR count). The second-order valence-corrected chi connectivity index (χ2v) is 6.71. The summed E-state index contributed by atoms with van der Waals surface area (Å²) >= 11 is 0. The van der Waals surface area contributed by atoms with Gasteiger partial charge < -0.3 is 19.3 Å². The third kappa shape index (κ3) is 5.68. The Morgan fingerprint density at radius 3 is 2.08 bits per heavy atom. The molecule has 0 radical (unpaired) electrons. The zero-order chi connectivity index (χ0) is 19.5. The summed E-state index contributed by atoms with van der Waals surface area (Å²) in [6.07, 6.45) is 10.0. The van der Waals surface area contributed by atoms with E-state index in [1.807, 2.05) is 19.9 Å². The molecule has 2 atom stereocenters. The summed E-state index contributed by atoms with van der Waals surface area (Å²) in [5.41, 5.74) is 0. The van der Waals surface area contributed by atoms with Crippen LogP contribution >= 0.6 is 0 Å². The second-order valence-electron chi connectivity index (χ2n) is 6.71. The van der Waals surface area contributed by atoms with Gasteiger partial charge in [-0.05, 0) is 37.2 Å². The van der Waals surface area contributed by atoms with Crippen LogP contribution in [0, 0.1) is 17.8 Å². The van der Waals surface area contributed by atoms with Gasteiger partial charge in [0.25, 0.3) is 0 Å². The number of methoxy groups -OCH3 is 3. The normalized spacial score (nSPS) is 22.8. The molecule has 26 heavy (non-hydrogen) atoms. The van der Waals surface area contributed by atoms with Gasteiger partial charge >= 0.3 is 5.97 Å². The summed E-state index contributed by atoms with van der Waals surface area (Å²) in [6, 6.07) is 0. The molecule has 150 valence electrons. The van der Waals surface area contributed by atoms with Gasteiger partial charge in [-0.25, -0.2) is 0 Å². The molecule has 2 aliphatic carbocycles. The largest absolute Gasteiger partial charge is 0.497 e. The van der Waals surface area contributed by atoms with E-state index < -0.39 is 5.97 Å².